The van der Waals surface area contributed by atoms with Crippen LogP contribution in [-0.4, -0.2) is 70.7 Å². The van der Waals surface area contributed by atoms with E-state index in [0.29, 0.717) is 13.1 Å². The number of piperidine rings is 1. The van der Waals surface area contributed by atoms with E-state index in [4.69, 9.17) is 21.5 Å². The van der Waals surface area contributed by atoms with Gasteiger partial charge >= 0.3 is 0 Å². The molecule has 31 heavy (non-hydrogen) atoms. The molecule has 4 heterocycles. The number of aromatic nitrogens is 3. The second kappa shape index (κ2) is 9.50. The summed E-state index contributed by atoms with van der Waals surface area (Å²) in [5, 5.41) is 8.10. The average molecular weight is 429 g/mol. The molecule has 2 aromatic heterocycles. The van der Waals surface area contributed by atoms with Crippen molar-refractivity contribution in [2.24, 2.45) is 17.4 Å². The Balaban J connectivity index is 1.60. The second-order valence-electron chi connectivity index (χ2n) is 8.90. The SMILES string of the molecule is CCNCC(CN)C(=O)N1CCCC[C@H]1c1cc2nc(N3CC[C@H](N)C3)c(C)cn2n1. The quantitative estimate of drug-likeness (QED) is 0.597. The summed E-state index contributed by atoms with van der Waals surface area (Å²) in [7, 11) is 0. The summed E-state index contributed by atoms with van der Waals surface area (Å²) in [4.78, 5) is 22.4. The predicted molar refractivity (Wildman–Crippen MR) is 122 cm³/mol. The molecule has 0 radical (unpaired) electrons. The maximum absolute atomic E-state index is 13.3. The number of nitrogens with one attached hydrogen (secondary N) is 1. The number of amides is 1. The zero-order valence-corrected chi connectivity index (χ0v) is 18.8. The highest BCUT2D eigenvalue weighted by molar-refractivity contribution is 5.80. The summed E-state index contributed by atoms with van der Waals surface area (Å²) in [5.74, 6) is 0.905. The van der Waals surface area contributed by atoms with Gasteiger partial charge in [0.15, 0.2) is 5.65 Å². The Bertz CT molecular complexity index is 912. The minimum absolute atomic E-state index is 0.0254. The van der Waals surface area contributed by atoms with E-state index in [9.17, 15) is 4.79 Å². The molecule has 0 saturated carbocycles. The Morgan fingerprint density at radius 1 is 1.32 bits per heavy atom. The van der Waals surface area contributed by atoms with Gasteiger partial charge in [0, 0.05) is 56.6 Å². The molecule has 2 saturated heterocycles. The number of aryl methyl sites for hydroxylation is 1. The van der Waals surface area contributed by atoms with E-state index in [1.807, 2.05) is 28.6 Å². The molecule has 9 heteroatoms. The lowest BCUT2D eigenvalue weighted by molar-refractivity contribution is -0.139. The summed E-state index contributed by atoms with van der Waals surface area (Å²) in [6, 6.07) is 2.22. The number of nitrogens with zero attached hydrogens (tertiary/aromatic N) is 5. The molecule has 2 fully saturated rings. The van der Waals surface area contributed by atoms with Gasteiger partial charge in [-0.15, -0.1) is 0 Å². The molecule has 0 aromatic carbocycles. The van der Waals surface area contributed by atoms with Crippen LogP contribution in [0, 0.1) is 12.8 Å². The first-order chi connectivity index (χ1) is 15.0. The highest BCUT2D eigenvalue weighted by atomic mass is 16.2. The van der Waals surface area contributed by atoms with Crippen LogP contribution in [0.5, 0.6) is 0 Å². The van der Waals surface area contributed by atoms with E-state index >= 15 is 0 Å². The van der Waals surface area contributed by atoms with Crippen molar-refractivity contribution in [1.82, 2.24) is 24.8 Å². The lowest BCUT2D eigenvalue weighted by atomic mass is 9.96. The number of hydrogen-bond acceptors (Lipinski definition) is 7. The van der Waals surface area contributed by atoms with Gasteiger partial charge in [0.1, 0.15) is 5.82 Å². The molecule has 2 aliphatic rings. The zero-order chi connectivity index (χ0) is 22.0. The smallest absolute Gasteiger partial charge is 0.228 e. The van der Waals surface area contributed by atoms with Crippen LogP contribution in [-0.2, 0) is 4.79 Å². The molecule has 3 atom stereocenters. The van der Waals surface area contributed by atoms with Gasteiger partial charge in [-0.25, -0.2) is 9.50 Å². The van der Waals surface area contributed by atoms with Crippen LogP contribution >= 0.6 is 0 Å². The molecule has 9 nitrogen and oxygen atoms in total. The molecule has 0 bridgehead atoms. The van der Waals surface area contributed by atoms with Crippen LogP contribution in [0.15, 0.2) is 12.3 Å². The van der Waals surface area contributed by atoms with Gasteiger partial charge in [-0.1, -0.05) is 6.92 Å². The highest BCUT2D eigenvalue weighted by Crippen LogP contribution is 2.32. The van der Waals surface area contributed by atoms with Crippen LogP contribution < -0.4 is 21.7 Å². The minimum atomic E-state index is -0.205. The fourth-order valence-electron chi connectivity index (χ4n) is 4.81. The Morgan fingerprint density at radius 2 is 2.16 bits per heavy atom. The third-order valence-electron chi connectivity index (χ3n) is 6.55. The number of fused-ring (bicyclic) bond motifs is 1. The van der Waals surface area contributed by atoms with Crippen molar-refractivity contribution in [1.29, 1.82) is 0 Å². The summed E-state index contributed by atoms with van der Waals surface area (Å²) in [6.07, 6.45) is 6.05. The Kier molecular flexibility index (Phi) is 6.74. The van der Waals surface area contributed by atoms with Crippen LogP contribution in [0.1, 0.15) is 49.9 Å². The van der Waals surface area contributed by atoms with E-state index in [-0.39, 0.29) is 23.9 Å². The molecule has 170 valence electrons. The van der Waals surface area contributed by atoms with Crippen molar-refractivity contribution in [3.05, 3.63) is 23.5 Å². The molecule has 0 spiro atoms. The van der Waals surface area contributed by atoms with Gasteiger partial charge < -0.3 is 26.6 Å². The van der Waals surface area contributed by atoms with Crippen molar-refractivity contribution in [2.45, 2.75) is 51.6 Å². The fourth-order valence-corrected chi connectivity index (χ4v) is 4.81. The lowest BCUT2D eigenvalue weighted by Gasteiger charge is -2.37. The van der Waals surface area contributed by atoms with E-state index in [1.165, 1.54) is 0 Å². The first-order valence-corrected chi connectivity index (χ1v) is 11.6. The summed E-state index contributed by atoms with van der Waals surface area (Å²) >= 11 is 0. The number of likely N-dealkylation sites (tertiary alicyclic amines) is 1. The van der Waals surface area contributed by atoms with Gasteiger partial charge in [0.2, 0.25) is 5.91 Å². The molecule has 4 rings (SSSR count). The molecule has 1 unspecified atom stereocenters. The maximum atomic E-state index is 13.3. The first-order valence-electron chi connectivity index (χ1n) is 11.6. The van der Waals surface area contributed by atoms with Gasteiger partial charge in [-0.05, 0) is 39.2 Å². The first kappa shape index (κ1) is 22.0. The zero-order valence-electron chi connectivity index (χ0n) is 18.8. The lowest BCUT2D eigenvalue weighted by Crippen LogP contribution is -2.46. The number of rotatable bonds is 7. The van der Waals surface area contributed by atoms with E-state index in [0.717, 1.165) is 74.6 Å². The Hall–Kier alpha value is -2.23. The van der Waals surface area contributed by atoms with Gasteiger partial charge in [-0.2, -0.15) is 5.10 Å². The summed E-state index contributed by atoms with van der Waals surface area (Å²) in [6.45, 7) is 8.42. The van der Waals surface area contributed by atoms with Crippen molar-refractivity contribution < 1.29 is 4.79 Å². The summed E-state index contributed by atoms with van der Waals surface area (Å²) < 4.78 is 1.85. The van der Waals surface area contributed by atoms with Crippen molar-refractivity contribution in [2.75, 3.05) is 44.2 Å². The van der Waals surface area contributed by atoms with E-state index < -0.39 is 0 Å². The fraction of sp³-hybridized carbons (Fsp3) is 0.682. The molecule has 2 aromatic rings. The number of hydrogen-bond donors (Lipinski definition) is 3. The molecular weight excluding hydrogens is 392 g/mol. The number of anilines is 1. The third-order valence-corrected chi connectivity index (χ3v) is 6.55. The van der Waals surface area contributed by atoms with Crippen molar-refractivity contribution in [3.8, 4) is 0 Å². The van der Waals surface area contributed by atoms with Crippen molar-refractivity contribution in [3.63, 3.8) is 0 Å². The molecular formula is C22H36N8O. The highest BCUT2D eigenvalue weighted by Gasteiger charge is 2.33. The standard InChI is InChI=1S/C22H36N8O/c1-3-25-12-16(11-23)22(31)29-8-5-4-6-19(29)18-10-20-26-21(15(2)13-30(20)27-18)28-9-7-17(24)14-28/h10,13,16-17,19,25H,3-9,11-12,14,23-24H2,1-2H3/t16?,17-,19-/m0/s1. The molecule has 0 aliphatic carbocycles. The van der Waals surface area contributed by atoms with Gasteiger partial charge in [-0.3, -0.25) is 4.79 Å². The average Bonchev–Trinajstić information content (AvgIpc) is 3.39. The summed E-state index contributed by atoms with van der Waals surface area (Å²) in [5.41, 5.74) is 14.9. The molecule has 1 amide bonds. The van der Waals surface area contributed by atoms with Gasteiger partial charge in [0.25, 0.3) is 0 Å². The van der Waals surface area contributed by atoms with Crippen molar-refractivity contribution >= 4 is 17.4 Å². The largest absolute Gasteiger partial charge is 0.355 e. The minimum Gasteiger partial charge on any atom is -0.355 e. The Morgan fingerprint density at radius 3 is 2.87 bits per heavy atom. The number of carbonyl (C=O) groups is 1. The normalized spacial score (nSPS) is 23.0. The van der Waals surface area contributed by atoms with E-state index in [1.54, 1.807) is 0 Å². The second-order valence-corrected chi connectivity index (χ2v) is 8.90. The van der Waals surface area contributed by atoms with Crippen LogP contribution in [0.25, 0.3) is 5.65 Å². The maximum Gasteiger partial charge on any atom is 0.228 e. The predicted octanol–water partition coefficient (Wildman–Crippen LogP) is 0.813. The molecule has 5 N–H and O–H groups in total. The number of nitrogens with two attached hydrogens (primary N) is 2. The van der Waals surface area contributed by atoms with E-state index in [2.05, 4.69) is 17.1 Å². The van der Waals surface area contributed by atoms with Crippen LogP contribution in [0.4, 0.5) is 5.82 Å². The topological polar surface area (TPSA) is 118 Å². The third kappa shape index (κ3) is 4.53. The molecule has 2 aliphatic heterocycles. The monoisotopic (exact) mass is 428 g/mol. The van der Waals surface area contributed by atoms with Gasteiger partial charge in [0.05, 0.1) is 17.7 Å². The van der Waals surface area contributed by atoms with Crippen LogP contribution in [0.2, 0.25) is 0 Å². The van der Waals surface area contributed by atoms with Crippen LogP contribution in [0.3, 0.4) is 0 Å². The number of carbonyl (C=O) groups excluding carboxylic acids is 1. The Labute approximate surface area is 184 Å².